The largest absolute Gasteiger partial charge is 0.479 e. The van der Waals surface area contributed by atoms with Gasteiger partial charge in [-0.15, -0.1) is 0 Å². The molecule has 0 bridgehead atoms. The summed E-state index contributed by atoms with van der Waals surface area (Å²) >= 11 is 0. The SMILES string of the molecule is CC1O[C@@H](O[C@H]2C(C(=O)O)O[C@H](OCCCCCN)C(O)C2O)C(O)C(O)[C@H]1O. The van der Waals surface area contributed by atoms with Crippen LogP contribution in [-0.2, 0) is 23.7 Å². The number of nitrogens with two attached hydrogens (primary N) is 1. The minimum Gasteiger partial charge on any atom is -0.479 e. The topological polar surface area (TPSA) is 201 Å². The van der Waals surface area contributed by atoms with Crippen LogP contribution < -0.4 is 5.73 Å². The molecule has 0 aromatic heterocycles. The Morgan fingerprint density at radius 2 is 1.55 bits per heavy atom. The first kappa shape index (κ1) is 24.3. The van der Waals surface area contributed by atoms with Crippen molar-refractivity contribution in [2.45, 2.75) is 87.6 Å². The molecule has 2 fully saturated rings. The van der Waals surface area contributed by atoms with Crippen molar-refractivity contribution in [2.24, 2.45) is 5.73 Å². The van der Waals surface area contributed by atoms with Crippen LogP contribution in [0.5, 0.6) is 0 Å². The lowest BCUT2D eigenvalue weighted by Gasteiger charge is -2.45. The number of aliphatic carboxylic acids is 1. The van der Waals surface area contributed by atoms with E-state index in [2.05, 4.69) is 0 Å². The number of aliphatic hydroxyl groups is 5. The lowest BCUT2D eigenvalue weighted by molar-refractivity contribution is -0.351. The molecule has 6 unspecified atom stereocenters. The Morgan fingerprint density at radius 3 is 2.17 bits per heavy atom. The molecule has 0 amide bonds. The first-order chi connectivity index (χ1) is 13.7. The first-order valence-corrected chi connectivity index (χ1v) is 9.60. The van der Waals surface area contributed by atoms with Crippen LogP contribution in [0.3, 0.4) is 0 Å². The van der Waals surface area contributed by atoms with Gasteiger partial charge in [-0.25, -0.2) is 4.79 Å². The van der Waals surface area contributed by atoms with Crippen molar-refractivity contribution in [3.05, 3.63) is 0 Å². The predicted molar refractivity (Wildman–Crippen MR) is 94.4 cm³/mol. The summed E-state index contributed by atoms with van der Waals surface area (Å²) in [4.78, 5) is 11.6. The van der Waals surface area contributed by atoms with Gasteiger partial charge in [0.1, 0.15) is 36.6 Å². The van der Waals surface area contributed by atoms with E-state index in [1.54, 1.807) is 0 Å². The zero-order chi connectivity index (χ0) is 21.7. The summed E-state index contributed by atoms with van der Waals surface area (Å²) in [6.07, 6.45) is -13.2. The molecule has 12 nitrogen and oxygen atoms in total. The molecule has 2 aliphatic heterocycles. The summed E-state index contributed by atoms with van der Waals surface area (Å²) in [7, 11) is 0. The molecule has 0 saturated carbocycles. The normalized spacial score (nSPS) is 43.3. The molecule has 0 aromatic carbocycles. The maximum absolute atomic E-state index is 11.6. The fourth-order valence-electron chi connectivity index (χ4n) is 3.23. The van der Waals surface area contributed by atoms with Gasteiger partial charge in [-0.05, 0) is 32.7 Å². The maximum Gasteiger partial charge on any atom is 0.335 e. The molecule has 0 aliphatic carbocycles. The van der Waals surface area contributed by atoms with Gasteiger partial charge in [0.2, 0.25) is 0 Å². The Morgan fingerprint density at radius 1 is 0.897 bits per heavy atom. The van der Waals surface area contributed by atoms with Crippen molar-refractivity contribution in [3.63, 3.8) is 0 Å². The average Bonchev–Trinajstić information content (AvgIpc) is 2.68. The van der Waals surface area contributed by atoms with Crippen molar-refractivity contribution >= 4 is 5.97 Å². The summed E-state index contributed by atoms with van der Waals surface area (Å²) < 4.78 is 21.3. The summed E-state index contributed by atoms with van der Waals surface area (Å²) in [5.74, 6) is -1.49. The van der Waals surface area contributed by atoms with Gasteiger partial charge < -0.3 is 55.3 Å². The van der Waals surface area contributed by atoms with Gasteiger partial charge in [0.25, 0.3) is 0 Å². The van der Waals surface area contributed by atoms with E-state index in [1.807, 2.05) is 0 Å². The van der Waals surface area contributed by atoms with E-state index < -0.39 is 67.4 Å². The van der Waals surface area contributed by atoms with Crippen LogP contribution in [-0.4, -0.2) is 111 Å². The van der Waals surface area contributed by atoms with Gasteiger partial charge in [-0.2, -0.15) is 0 Å². The third-order valence-corrected chi connectivity index (χ3v) is 5.02. The highest BCUT2D eigenvalue weighted by atomic mass is 16.7. The molecule has 2 heterocycles. The summed E-state index contributed by atoms with van der Waals surface area (Å²) in [6, 6.07) is 0. The summed E-state index contributed by atoms with van der Waals surface area (Å²) in [5, 5.41) is 59.8. The Hall–Kier alpha value is -0.930. The van der Waals surface area contributed by atoms with Gasteiger partial charge in [0, 0.05) is 6.61 Å². The number of hydrogen-bond acceptors (Lipinski definition) is 11. The predicted octanol–water partition coefficient (Wildman–Crippen LogP) is -3.12. The standard InChI is InChI=1S/C17H31NO11/c1-7-8(19)9(20)11(22)17(27-7)28-13-10(21)12(23)16(29-14(13)15(24)25)26-6-4-2-3-5-18/h7-14,16-17,19-23H,2-6,18H2,1H3,(H,24,25)/t7?,8-,9?,10?,11?,12?,13+,14?,16-,17-/m0/s1. The monoisotopic (exact) mass is 425 g/mol. The van der Waals surface area contributed by atoms with Crippen molar-refractivity contribution in [1.29, 1.82) is 0 Å². The van der Waals surface area contributed by atoms with Crippen LogP contribution in [0.15, 0.2) is 0 Å². The van der Waals surface area contributed by atoms with Crippen molar-refractivity contribution in [3.8, 4) is 0 Å². The van der Waals surface area contributed by atoms with E-state index in [4.69, 9.17) is 24.7 Å². The Balaban J connectivity index is 2.03. The highest BCUT2D eigenvalue weighted by Gasteiger charge is 2.52. The number of unbranched alkanes of at least 4 members (excludes halogenated alkanes) is 2. The second kappa shape index (κ2) is 10.9. The van der Waals surface area contributed by atoms with E-state index in [9.17, 15) is 35.4 Å². The van der Waals surface area contributed by atoms with E-state index in [0.717, 1.165) is 12.8 Å². The summed E-state index contributed by atoms with van der Waals surface area (Å²) in [5.41, 5.74) is 5.40. The highest BCUT2D eigenvalue weighted by molar-refractivity contribution is 5.73. The average molecular weight is 425 g/mol. The van der Waals surface area contributed by atoms with E-state index in [-0.39, 0.29) is 6.61 Å². The van der Waals surface area contributed by atoms with Crippen LogP contribution in [0.25, 0.3) is 0 Å². The molecule has 8 N–H and O–H groups in total. The Labute approximate surface area is 167 Å². The third kappa shape index (κ3) is 5.82. The van der Waals surface area contributed by atoms with Crippen LogP contribution in [0.1, 0.15) is 26.2 Å². The second-order valence-corrected chi connectivity index (χ2v) is 7.25. The zero-order valence-electron chi connectivity index (χ0n) is 16.1. The maximum atomic E-state index is 11.6. The van der Waals surface area contributed by atoms with Crippen molar-refractivity contribution in [1.82, 2.24) is 0 Å². The quantitative estimate of drug-likeness (QED) is 0.183. The number of carbonyl (C=O) groups is 1. The molecule has 10 atom stereocenters. The smallest absolute Gasteiger partial charge is 0.335 e. The van der Waals surface area contributed by atoms with Crippen LogP contribution >= 0.6 is 0 Å². The molecule has 2 aliphatic rings. The highest BCUT2D eigenvalue weighted by Crippen LogP contribution is 2.29. The molecule has 29 heavy (non-hydrogen) atoms. The van der Waals surface area contributed by atoms with E-state index in [1.165, 1.54) is 6.92 Å². The Bertz CT molecular complexity index is 524. The van der Waals surface area contributed by atoms with Gasteiger partial charge in [-0.3, -0.25) is 0 Å². The molecule has 0 spiro atoms. The van der Waals surface area contributed by atoms with Gasteiger partial charge in [0.05, 0.1) is 6.10 Å². The fourth-order valence-corrected chi connectivity index (χ4v) is 3.23. The fraction of sp³-hybridized carbons (Fsp3) is 0.941. The van der Waals surface area contributed by atoms with Gasteiger partial charge >= 0.3 is 5.97 Å². The third-order valence-electron chi connectivity index (χ3n) is 5.02. The number of ether oxygens (including phenoxy) is 4. The van der Waals surface area contributed by atoms with E-state index in [0.29, 0.717) is 13.0 Å². The molecular formula is C17H31NO11. The molecule has 2 rings (SSSR count). The molecule has 0 aromatic rings. The number of hydrogen-bond donors (Lipinski definition) is 7. The van der Waals surface area contributed by atoms with Gasteiger partial charge in [0.15, 0.2) is 18.7 Å². The number of rotatable bonds is 9. The van der Waals surface area contributed by atoms with Crippen LogP contribution in [0, 0.1) is 0 Å². The number of aliphatic hydroxyl groups excluding tert-OH is 5. The molecule has 170 valence electrons. The van der Waals surface area contributed by atoms with E-state index >= 15 is 0 Å². The molecule has 2 saturated heterocycles. The second-order valence-electron chi connectivity index (χ2n) is 7.25. The first-order valence-electron chi connectivity index (χ1n) is 9.60. The lowest BCUT2D eigenvalue weighted by Crippen LogP contribution is -2.64. The zero-order valence-corrected chi connectivity index (χ0v) is 16.1. The van der Waals surface area contributed by atoms with Crippen LogP contribution in [0.4, 0.5) is 0 Å². The number of carboxylic acid groups (broad SMARTS) is 1. The van der Waals surface area contributed by atoms with Crippen LogP contribution in [0.2, 0.25) is 0 Å². The molecule has 0 radical (unpaired) electrons. The molecular weight excluding hydrogens is 394 g/mol. The lowest BCUT2D eigenvalue weighted by atomic mass is 9.97. The van der Waals surface area contributed by atoms with Gasteiger partial charge in [-0.1, -0.05) is 0 Å². The molecule has 12 heteroatoms. The van der Waals surface area contributed by atoms with Crippen molar-refractivity contribution < 1.29 is 54.4 Å². The number of carboxylic acids is 1. The summed E-state index contributed by atoms with van der Waals surface area (Å²) in [6.45, 7) is 2.11. The minimum absolute atomic E-state index is 0.165. The minimum atomic E-state index is -1.74. The van der Waals surface area contributed by atoms with Crippen molar-refractivity contribution in [2.75, 3.05) is 13.2 Å². The Kier molecular flexibility index (Phi) is 9.15.